The SMILES string of the molecule is CN(C)c1nccnc1OC1CCCN(C(=O)c2cnccn2)C1. The van der Waals surface area contributed by atoms with E-state index in [0.29, 0.717) is 30.5 Å². The van der Waals surface area contributed by atoms with Crippen LogP contribution >= 0.6 is 0 Å². The summed E-state index contributed by atoms with van der Waals surface area (Å²) >= 11 is 0. The maximum Gasteiger partial charge on any atom is 0.274 e. The van der Waals surface area contributed by atoms with E-state index in [0.717, 1.165) is 12.8 Å². The maximum atomic E-state index is 12.5. The standard InChI is InChI=1S/C16H20N6O2/c1-21(2)14-15(20-8-7-19-14)24-12-4-3-9-22(11-12)16(23)13-10-17-5-6-18-13/h5-8,10,12H,3-4,9,11H2,1-2H3. The Labute approximate surface area is 140 Å². The number of anilines is 1. The monoisotopic (exact) mass is 328 g/mol. The molecule has 1 atom stereocenters. The average Bonchev–Trinajstić information content (AvgIpc) is 2.62. The number of carbonyl (C=O) groups is 1. The highest BCUT2D eigenvalue weighted by molar-refractivity contribution is 5.92. The van der Waals surface area contributed by atoms with Crippen molar-refractivity contribution in [3.05, 3.63) is 36.7 Å². The van der Waals surface area contributed by atoms with Crippen molar-refractivity contribution < 1.29 is 9.53 Å². The molecular formula is C16H20N6O2. The predicted octanol–water partition coefficient (Wildman–Crippen LogP) is 1.02. The van der Waals surface area contributed by atoms with Gasteiger partial charge >= 0.3 is 0 Å². The zero-order valence-electron chi connectivity index (χ0n) is 13.8. The first kappa shape index (κ1) is 16.1. The Morgan fingerprint density at radius 1 is 1.21 bits per heavy atom. The summed E-state index contributed by atoms with van der Waals surface area (Å²) in [6, 6.07) is 0. The third-order valence-electron chi connectivity index (χ3n) is 3.80. The fourth-order valence-electron chi connectivity index (χ4n) is 2.66. The summed E-state index contributed by atoms with van der Waals surface area (Å²) in [5, 5.41) is 0. The van der Waals surface area contributed by atoms with Crippen LogP contribution < -0.4 is 9.64 Å². The molecule has 1 amide bonds. The van der Waals surface area contributed by atoms with Gasteiger partial charge in [0.1, 0.15) is 11.8 Å². The lowest BCUT2D eigenvalue weighted by Crippen LogP contribution is -2.44. The van der Waals surface area contributed by atoms with Gasteiger partial charge in [0, 0.05) is 45.4 Å². The van der Waals surface area contributed by atoms with Gasteiger partial charge in [-0.2, -0.15) is 0 Å². The van der Waals surface area contributed by atoms with Crippen molar-refractivity contribution in [3.63, 3.8) is 0 Å². The smallest absolute Gasteiger partial charge is 0.274 e. The topological polar surface area (TPSA) is 84.3 Å². The summed E-state index contributed by atoms with van der Waals surface area (Å²) in [4.78, 5) is 32.7. The number of hydrogen-bond acceptors (Lipinski definition) is 7. The van der Waals surface area contributed by atoms with Gasteiger partial charge in [0.15, 0.2) is 5.82 Å². The highest BCUT2D eigenvalue weighted by Crippen LogP contribution is 2.24. The van der Waals surface area contributed by atoms with Crippen LogP contribution in [0, 0.1) is 0 Å². The molecule has 3 heterocycles. The Balaban J connectivity index is 1.69. The minimum absolute atomic E-state index is 0.116. The fraction of sp³-hybridized carbons (Fsp3) is 0.438. The van der Waals surface area contributed by atoms with Crippen molar-refractivity contribution in [3.8, 4) is 5.88 Å². The average molecular weight is 328 g/mol. The Kier molecular flexibility index (Phi) is 4.83. The van der Waals surface area contributed by atoms with Gasteiger partial charge in [-0.25, -0.2) is 15.0 Å². The van der Waals surface area contributed by atoms with Crippen molar-refractivity contribution in [1.82, 2.24) is 24.8 Å². The molecule has 126 valence electrons. The zero-order valence-corrected chi connectivity index (χ0v) is 13.8. The number of aromatic nitrogens is 4. The molecule has 24 heavy (non-hydrogen) atoms. The van der Waals surface area contributed by atoms with Crippen LogP contribution in [-0.4, -0.2) is 64.0 Å². The number of amides is 1. The van der Waals surface area contributed by atoms with Crippen molar-refractivity contribution in [1.29, 1.82) is 0 Å². The molecule has 0 N–H and O–H groups in total. The van der Waals surface area contributed by atoms with Crippen LogP contribution in [-0.2, 0) is 0 Å². The lowest BCUT2D eigenvalue weighted by Gasteiger charge is -2.32. The van der Waals surface area contributed by atoms with Crippen molar-refractivity contribution >= 4 is 11.7 Å². The maximum absolute atomic E-state index is 12.5. The van der Waals surface area contributed by atoms with E-state index in [-0.39, 0.29) is 12.0 Å². The second-order valence-corrected chi connectivity index (χ2v) is 5.80. The van der Waals surface area contributed by atoms with E-state index in [1.807, 2.05) is 19.0 Å². The van der Waals surface area contributed by atoms with Crippen molar-refractivity contribution in [2.24, 2.45) is 0 Å². The number of hydrogen-bond donors (Lipinski definition) is 0. The van der Waals surface area contributed by atoms with Crippen molar-refractivity contribution in [2.75, 3.05) is 32.1 Å². The first-order valence-corrected chi connectivity index (χ1v) is 7.85. The molecular weight excluding hydrogens is 308 g/mol. The van der Waals surface area contributed by atoms with E-state index < -0.39 is 0 Å². The number of carbonyl (C=O) groups excluding carboxylic acids is 1. The van der Waals surface area contributed by atoms with Gasteiger partial charge in [-0.05, 0) is 12.8 Å². The highest BCUT2D eigenvalue weighted by Gasteiger charge is 2.27. The van der Waals surface area contributed by atoms with E-state index in [4.69, 9.17) is 4.74 Å². The molecule has 1 aliphatic rings. The molecule has 0 saturated carbocycles. The number of likely N-dealkylation sites (tertiary alicyclic amines) is 1. The lowest BCUT2D eigenvalue weighted by molar-refractivity contribution is 0.0522. The van der Waals surface area contributed by atoms with Crippen LogP contribution in [0.15, 0.2) is 31.0 Å². The normalized spacial score (nSPS) is 17.4. The van der Waals surface area contributed by atoms with Crippen LogP contribution in [0.4, 0.5) is 5.82 Å². The molecule has 0 aromatic carbocycles. The molecule has 8 heteroatoms. The molecule has 0 bridgehead atoms. The van der Waals surface area contributed by atoms with Crippen LogP contribution in [0.2, 0.25) is 0 Å². The molecule has 0 radical (unpaired) electrons. The van der Waals surface area contributed by atoms with Gasteiger partial charge in [0.25, 0.3) is 11.8 Å². The second-order valence-electron chi connectivity index (χ2n) is 5.80. The van der Waals surface area contributed by atoms with Gasteiger partial charge in [0.05, 0.1) is 12.7 Å². The molecule has 1 aliphatic heterocycles. The summed E-state index contributed by atoms with van der Waals surface area (Å²) in [7, 11) is 3.78. The first-order chi connectivity index (χ1) is 11.6. The Hall–Kier alpha value is -2.77. The molecule has 3 rings (SSSR count). The lowest BCUT2D eigenvalue weighted by atomic mass is 10.1. The zero-order chi connectivity index (χ0) is 16.9. The molecule has 1 saturated heterocycles. The largest absolute Gasteiger partial charge is 0.470 e. The number of rotatable bonds is 4. The van der Waals surface area contributed by atoms with Gasteiger partial charge < -0.3 is 14.5 Å². The van der Waals surface area contributed by atoms with Crippen LogP contribution in [0.1, 0.15) is 23.3 Å². The third-order valence-corrected chi connectivity index (χ3v) is 3.80. The van der Waals surface area contributed by atoms with Gasteiger partial charge in [-0.3, -0.25) is 9.78 Å². The number of nitrogens with zero attached hydrogens (tertiary/aromatic N) is 6. The number of piperidine rings is 1. The molecule has 1 unspecified atom stereocenters. The van der Waals surface area contributed by atoms with E-state index in [1.54, 1.807) is 23.5 Å². The van der Waals surface area contributed by atoms with Gasteiger partial charge in [-0.1, -0.05) is 0 Å². The number of ether oxygens (including phenoxy) is 1. The van der Waals surface area contributed by atoms with Crippen LogP contribution in [0.3, 0.4) is 0 Å². The van der Waals surface area contributed by atoms with E-state index in [2.05, 4.69) is 19.9 Å². The first-order valence-electron chi connectivity index (χ1n) is 7.85. The summed E-state index contributed by atoms with van der Waals surface area (Å²) in [6.45, 7) is 1.19. The molecule has 0 spiro atoms. The fourth-order valence-corrected chi connectivity index (χ4v) is 2.66. The molecule has 2 aromatic heterocycles. The van der Waals surface area contributed by atoms with Crippen LogP contribution in [0.25, 0.3) is 0 Å². The van der Waals surface area contributed by atoms with E-state index in [1.165, 1.54) is 12.4 Å². The van der Waals surface area contributed by atoms with E-state index in [9.17, 15) is 4.79 Å². The molecule has 0 aliphatic carbocycles. The Morgan fingerprint density at radius 3 is 2.75 bits per heavy atom. The minimum atomic E-state index is -0.122. The Morgan fingerprint density at radius 2 is 2.00 bits per heavy atom. The molecule has 8 nitrogen and oxygen atoms in total. The minimum Gasteiger partial charge on any atom is -0.470 e. The quantitative estimate of drug-likeness (QED) is 0.828. The molecule has 1 fully saturated rings. The third kappa shape index (κ3) is 3.58. The predicted molar refractivity (Wildman–Crippen MR) is 87.9 cm³/mol. The summed E-state index contributed by atoms with van der Waals surface area (Å²) in [5.74, 6) is 1.04. The van der Waals surface area contributed by atoms with Gasteiger partial charge in [-0.15, -0.1) is 0 Å². The van der Waals surface area contributed by atoms with Crippen molar-refractivity contribution in [2.45, 2.75) is 18.9 Å². The van der Waals surface area contributed by atoms with Gasteiger partial charge in [0.2, 0.25) is 0 Å². The molecule has 2 aromatic rings. The summed E-state index contributed by atoms with van der Waals surface area (Å²) in [5.41, 5.74) is 0.353. The summed E-state index contributed by atoms with van der Waals surface area (Å²) < 4.78 is 6.02. The summed E-state index contributed by atoms with van der Waals surface area (Å²) in [6.07, 6.45) is 9.42. The Bertz CT molecular complexity index is 694. The van der Waals surface area contributed by atoms with Crippen LogP contribution in [0.5, 0.6) is 5.88 Å². The highest BCUT2D eigenvalue weighted by atomic mass is 16.5. The second kappa shape index (κ2) is 7.20. The van der Waals surface area contributed by atoms with E-state index >= 15 is 0 Å².